The first-order chi connectivity index (χ1) is 19.9. The number of hydrogen-bond donors (Lipinski definition) is 2. The van der Waals surface area contributed by atoms with Crippen molar-refractivity contribution in [3.05, 3.63) is 46.4 Å². The van der Waals surface area contributed by atoms with E-state index in [2.05, 4.69) is 20.2 Å². The lowest BCUT2D eigenvalue weighted by molar-refractivity contribution is -0.130. The second kappa shape index (κ2) is 11.9. The van der Waals surface area contributed by atoms with E-state index in [1.165, 1.54) is 19.3 Å². The van der Waals surface area contributed by atoms with Crippen LogP contribution >= 0.6 is 0 Å². The third kappa shape index (κ3) is 6.05. The molecule has 0 bridgehead atoms. The van der Waals surface area contributed by atoms with Crippen LogP contribution in [0.4, 0.5) is 24.8 Å². The van der Waals surface area contributed by atoms with E-state index in [9.17, 15) is 26.8 Å². The van der Waals surface area contributed by atoms with E-state index in [-0.39, 0.29) is 42.6 Å². The molecule has 1 aromatic carbocycles. The van der Waals surface area contributed by atoms with Crippen LogP contribution in [0.1, 0.15) is 13.3 Å². The monoisotopic (exact) mass is 608 g/mol. The number of benzene rings is 1. The molecule has 2 aromatic heterocycles. The molecule has 1 unspecified atom stereocenters. The Morgan fingerprint density at radius 2 is 1.88 bits per heavy atom. The van der Waals surface area contributed by atoms with Gasteiger partial charge in [0.1, 0.15) is 17.6 Å². The fourth-order valence-corrected chi connectivity index (χ4v) is 6.38. The van der Waals surface area contributed by atoms with Crippen molar-refractivity contribution in [2.75, 3.05) is 62.4 Å². The van der Waals surface area contributed by atoms with Gasteiger partial charge in [-0.05, 0) is 24.6 Å². The Hall–Kier alpha value is -3.76. The van der Waals surface area contributed by atoms with Crippen LogP contribution in [0.3, 0.4) is 0 Å². The third-order valence-corrected chi connectivity index (χ3v) is 9.00. The Morgan fingerprint density at radius 1 is 1.14 bits per heavy atom. The smallest absolute Gasteiger partial charge is 0.301 e. The molecule has 16 heteroatoms. The first-order valence-corrected chi connectivity index (χ1v) is 14.9. The number of halogens is 3. The number of fused-ring (bicyclic) bond motifs is 1. The number of alkyl halides is 1. The van der Waals surface area contributed by atoms with Crippen LogP contribution in [0, 0.1) is 11.6 Å². The highest BCUT2D eigenvalue weighted by atomic mass is 32.2. The van der Waals surface area contributed by atoms with Gasteiger partial charge in [0.15, 0.2) is 5.82 Å². The summed E-state index contributed by atoms with van der Waals surface area (Å²) in [7, 11) is -2.90. The van der Waals surface area contributed by atoms with E-state index in [1.54, 1.807) is 11.8 Å². The zero-order chi connectivity index (χ0) is 30.2. The molecule has 0 radical (unpaired) electrons. The largest absolute Gasteiger partial charge is 0.353 e. The number of piperazine rings is 1. The van der Waals surface area contributed by atoms with Gasteiger partial charge < -0.3 is 10.2 Å². The highest BCUT2D eigenvalue weighted by Crippen LogP contribution is 2.31. The second-order valence-electron chi connectivity index (χ2n) is 10.3. The molecule has 42 heavy (non-hydrogen) atoms. The van der Waals surface area contributed by atoms with Gasteiger partial charge in [-0.3, -0.25) is 23.8 Å². The zero-order valence-corrected chi connectivity index (χ0v) is 23.9. The minimum Gasteiger partial charge on any atom is -0.353 e. The number of pyridine rings is 1. The SMILES string of the molecule is CC(=O)N1CCN(CCNc2ncc3cc(-c4c(F)ccc(NS(=O)(=O)N5CCC(F)C5)c4F)c(=O)n(C)c3n2)CC1. The van der Waals surface area contributed by atoms with Gasteiger partial charge in [-0.2, -0.15) is 17.7 Å². The van der Waals surface area contributed by atoms with E-state index in [4.69, 9.17) is 0 Å². The maximum Gasteiger partial charge on any atom is 0.301 e. The van der Waals surface area contributed by atoms with E-state index in [0.717, 1.165) is 34.1 Å². The molecule has 2 aliphatic heterocycles. The molecule has 0 spiro atoms. The summed E-state index contributed by atoms with van der Waals surface area (Å²) in [6.45, 7) is 5.15. The quantitative estimate of drug-likeness (QED) is 0.394. The average molecular weight is 609 g/mol. The first kappa shape index (κ1) is 29.7. The van der Waals surface area contributed by atoms with Crippen molar-refractivity contribution >= 4 is 38.8 Å². The Balaban J connectivity index is 1.35. The molecule has 3 aromatic rings. The van der Waals surface area contributed by atoms with Gasteiger partial charge >= 0.3 is 10.2 Å². The second-order valence-corrected chi connectivity index (χ2v) is 12.0. The highest BCUT2D eigenvalue weighted by Gasteiger charge is 2.32. The van der Waals surface area contributed by atoms with Gasteiger partial charge in [-0.15, -0.1) is 0 Å². The number of aryl methyl sites for hydroxylation is 1. The summed E-state index contributed by atoms with van der Waals surface area (Å²) < 4.78 is 73.4. The maximum atomic E-state index is 15.6. The van der Waals surface area contributed by atoms with E-state index in [1.807, 2.05) is 4.72 Å². The number of nitrogens with one attached hydrogen (secondary N) is 2. The van der Waals surface area contributed by atoms with E-state index < -0.39 is 44.8 Å². The Bertz CT molecular complexity index is 1680. The molecule has 0 aliphatic carbocycles. The van der Waals surface area contributed by atoms with E-state index in [0.29, 0.717) is 31.6 Å². The lowest BCUT2D eigenvalue weighted by Crippen LogP contribution is -2.49. The highest BCUT2D eigenvalue weighted by molar-refractivity contribution is 7.90. The number of anilines is 2. The van der Waals surface area contributed by atoms with E-state index >= 15 is 4.39 Å². The fourth-order valence-electron chi connectivity index (χ4n) is 5.11. The van der Waals surface area contributed by atoms with Gasteiger partial charge in [0, 0.05) is 77.9 Å². The van der Waals surface area contributed by atoms with Crippen molar-refractivity contribution in [3.8, 4) is 11.1 Å². The van der Waals surface area contributed by atoms with Crippen molar-refractivity contribution in [2.24, 2.45) is 7.05 Å². The number of amides is 1. The summed E-state index contributed by atoms with van der Waals surface area (Å²) in [6, 6.07) is 3.01. The lowest BCUT2D eigenvalue weighted by Gasteiger charge is -2.34. The van der Waals surface area contributed by atoms with Gasteiger partial charge in [0.05, 0.1) is 16.8 Å². The Labute approximate surface area is 240 Å². The molecule has 2 fully saturated rings. The van der Waals surface area contributed by atoms with Gasteiger partial charge in [0.2, 0.25) is 11.9 Å². The molecular formula is C26H31F3N8O4S. The fraction of sp³-hybridized carbons (Fsp3) is 0.462. The van der Waals surface area contributed by atoms with Crippen LogP contribution in [-0.4, -0.2) is 101 Å². The summed E-state index contributed by atoms with van der Waals surface area (Å²) in [5.74, 6) is -2.03. The van der Waals surface area contributed by atoms with Crippen LogP contribution in [0.5, 0.6) is 0 Å². The van der Waals surface area contributed by atoms with Crippen LogP contribution in [-0.2, 0) is 22.1 Å². The number of rotatable bonds is 8. The molecule has 0 saturated carbocycles. The van der Waals surface area contributed by atoms with Crippen molar-refractivity contribution in [1.82, 2.24) is 28.6 Å². The van der Waals surface area contributed by atoms with Crippen molar-refractivity contribution in [1.29, 1.82) is 0 Å². The molecule has 5 rings (SSSR count). The number of hydrogen-bond acceptors (Lipinski definition) is 8. The standard InChI is InChI=1S/C26H31F3N8O4S/c1-16(38)36-11-9-35(10-12-36)8-6-30-26-31-14-17-13-19(25(39)34(2)24(17)32-26)22-20(28)3-4-21(23(22)29)33-42(40,41)37-7-5-18(27)15-37/h3-4,13-14,18,33H,5-12,15H2,1-2H3,(H,30,31,32). The molecule has 226 valence electrons. The molecule has 4 heterocycles. The van der Waals surface area contributed by atoms with Gasteiger partial charge in [-0.25, -0.2) is 18.2 Å². The Morgan fingerprint density at radius 3 is 2.55 bits per heavy atom. The summed E-state index contributed by atoms with van der Waals surface area (Å²) in [5.41, 5.74) is -2.17. The summed E-state index contributed by atoms with van der Waals surface area (Å²) in [6.07, 6.45) is 0.107. The normalized spacial score (nSPS) is 18.5. The molecule has 2 aliphatic rings. The first-order valence-electron chi connectivity index (χ1n) is 13.4. The van der Waals surface area contributed by atoms with Crippen molar-refractivity contribution in [3.63, 3.8) is 0 Å². The molecule has 2 N–H and O–H groups in total. The summed E-state index contributed by atoms with van der Waals surface area (Å²) in [4.78, 5) is 37.4. The maximum absolute atomic E-state index is 15.6. The summed E-state index contributed by atoms with van der Waals surface area (Å²) in [5, 5.41) is 3.44. The van der Waals surface area contributed by atoms with Crippen LogP contribution < -0.4 is 15.6 Å². The minimum absolute atomic E-state index is 0.0179. The van der Waals surface area contributed by atoms with Crippen LogP contribution in [0.15, 0.2) is 29.2 Å². The molecule has 2 saturated heterocycles. The van der Waals surface area contributed by atoms with Crippen LogP contribution in [0.25, 0.3) is 22.2 Å². The third-order valence-electron chi connectivity index (χ3n) is 7.51. The number of nitrogens with zero attached hydrogens (tertiary/aromatic N) is 6. The molecular weight excluding hydrogens is 577 g/mol. The topological polar surface area (TPSA) is 133 Å². The predicted octanol–water partition coefficient (Wildman–Crippen LogP) is 1.55. The molecule has 12 nitrogen and oxygen atoms in total. The number of carbonyl (C=O) groups is 1. The lowest BCUT2D eigenvalue weighted by atomic mass is 10.0. The average Bonchev–Trinajstić information content (AvgIpc) is 3.41. The minimum atomic E-state index is -4.31. The number of carbonyl (C=O) groups excluding carboxylic acids is 1. The van der Waals surface area contributed by atoms with Crippen LogP contribution in [0.2, 0.25) is 0 Å². The van der Waals surface area contributed by atoms with Gasteiger partial charge in [-0.1, -0.05) is 0 Å². The predicted molar refractivity (Wildman–Crippen MR) is 151 cm³/mol. The molecule has 1 atom stereocenters. The zero-order valence-electron chi connectivity index (χ0n) is 23.1. The van der Waals surface area contributed by atoms with Crippen molar-refractivity contribution in [2.45, 2.75) is 19.5 Å². The molecule has 1 amide bonds. The Kier molecular flexibility index (Phi) is 8.39. The van der Waals surface area contributed by atoms with Crippen molar-refractivity contribution < 1.29 is 26.4 Å². The number of aromatic nitrogens is 3. The summed E-state index contributed by atoms with van der Waals surface area (Å²) >= 11 is 0. The van der Waals surface area contributed by atoms with Gasteiger partial charge in [0.25, 0.3) is 5.56 Å².